The summed E-state index contributed by atoms with van der Waals surface area (Å²) in [6.07, 6.45) is 2.25. The van der Waals surface area contributed by atoms with Crippen LogP contribution in [0.2, 0.25) is 0 Å². The Kier molecular flexibility index (Phi) is 2.64. The second kappa shape index (κ2) is 4.30. The summed E-state index contributed by atoms with van der Waals surface area (Å²) in [5, 5.41) is 5.25. The maximum Gasteiger partial charge on any atom is -0.0105 e. The van der Waals surface area contributed by atoms with Crippen molar-refractivity contribution in [2.24, 2.45) is 0 Å². The van der Waals surface area contributed by atoms with Crippen molar-refractivity contribution in [3.8, 4) is 0 Å². The van der Waals surface area contributed by atoms with Gasteiger partial charge in [-0.05, 0) is 53.1 Å². The minimum absolute atomic E-state index is 1.30. The van der Waals surface area contributed by atoms with E-state index < -0.39 is 0 Å². The number of hydrogen-bond donors (Lipinski definition) is 0. The van der Waals surface area contributed by atoms with E-state index in [1.165, 1.54) is 32.7 Å². The van der Waals surface area contributed by atoms with Crippen LogP contribution >= 0.6 is 0 Å². The summed E-state index contributed by atoms with van der Waals surface area (Å²) in [6, 6.07) is 19.6. The molecule has 3 rings (SSSR count). The molecule has 88 valence electrons. The molecule has 0 N–H and O–H groups in total. The summed E-state index contributed by atoms with van der Waals surface area (Å²) >= 11 is 0. The molecule has 0 amide bonds. The van der Waals surface area contributed by atoms with E-state index in [-0.39, 0.29) is 0 Å². The van der Waals surface area contributed by atoms with Gasteiger partial charge in [-0.1, -0.05) is 54.1 Å². The lowest BCUT2D eigenvalue weighted by atomic mass is 9.99. The summed E-state index contributed by atoms with van der Waals surface area (Å²) in [4.78, 5) is 0. The maximum absolute atomic E-state index is 2.29. The molecule has 0 radical (unpaired) electrons. The lowest BCUT2D eigenvalue weighted by Gasteiger charge is -2.06. The van der Waals surface area contributed by atoms with Gasteiger partial charge in [-0.2, -0.15) is 0 Å². The topological polar surface area (TPSA) is 0 Å². The molecule has 0 saturated carbocycles. The van der Waals surface area contributed by atoms with Gasteiger partial charge in [0.25, 0.3) is 0 Å². The Hall–Kier alpha value is -2.08. The number of benzene rings is 3. The van der Waals surface area contributed by atoms with E-state index in [2.05, 4.69) is 74.5 Å². The van der Waals surface area contributed by atoms with E-state index in [4.69, 9.17) is 0 Å². The molecule has 3 aromatic rings. The number of fused-ring (bicyclic) bond motifs is 2. The van der Waals surface area contributed by atoms with E-state index >= 15 is 0 Å². The van der Waals surface area contributed by atoms with Crippen LogP contribution in [0.4, 0.5) is 0 Å². The van der Waals surface area contributed by atoms with Crippen LogP contribution in [-0.4, -0.2) is 0 Å². The molecule has 0 spiro atoms. The molecule has 0 bridgehead atoms. The van der Waals surface area contributed by atoms with Crippen LogP contribution in [0.5, 0.6) is 0 Å². The van der Waals surface area contributed by atoms with Crippen molar-refractivity contribution in [2.45, 2.75) is 13.8 Å². The lowest BCUT2D eigenvalue weighted by Crippen LogP contribution is -1.81. The molecule has 0 unspecified atom stereocenters. The monoisotopic (exact) mass is 232 g/mol. The van der Waals surface area contributed by atoms with E-state index in [1.54, 1.807) is 0 Å². The summed E-state index contributed by atoms with van der Waals surface area (Å²) in [7, 11) is 0. The Morgan fingerprint density at radius 3 is 2.17 bits per heavy atom. The zero-order valence-corrected chi connectivity index (χ0v) is 10.8. The second-order valence-electron chi connectivity index (χ2n) is 4.99. The van der Waals surface area contributed by atoms with Crippen molar-refractivity contribution in [3.05, 3.63) is 65.7 Å². The average molecular weight is 232 g/mol. The quantitative estimate of drug-likeness (QED) is 0.492. The van der Waals surface area contributed by atoms with Gasteiger partial charge in [0.05, 0.1) is 0 Å². The van der Waals surface area contributed by atoms with Crippen molar-refractivity contribution in [1.29, 1.82) is 0 Å². The predicted octanol–water partition coefficient (Wildman–Crippen LogP) is 5.42. The molecule has 0 heterocycles. The van der Waals surface area contributed by atoms with Gasteiger partial charge in [0.15, 0.2) is 0 Å². The van der Waals surface area contributed by atoms with Gasteiger partial charge in [0, 0.05) is 0 Å². The highest BCUT2D eigenvalue weighted by Gasteiger charge is 2.01. The van der Waals surface area contributed by atoms with Crippen molar-refractivity contribution in [1.82, 2.24) is 0 Å². The molecular weight excluding hydrogens is 216 g/mol. The van der Waals surface area contributed by atoms with E-state index in [0.717, 1.165) is 0 Å². The highest BCUT2D eigenvalue weighted by Crippen LogP contribution is 2.26. The highest BCUT2D eigenvalue weighted by molar-refractivity contribution is 6.01. The van der Waals surface area contributed by atoms with Gasteiger partial charge in [-0.25, -0.2) is 0 Å². The van der Waals surface area contributed by atoms with Crippen LogP contribution in [0.25, 0.3) is 27.6 Å². The molecule has 0 nitrogen and oxygen atoms in total. The fourth-order valence-electron chi connectivity index (χ4n) is 2.43. The highest BCUT2D eigenvalue weighted by atomic mass is 14.0. The summed E-state index contributed by atoms with van der Waals surface area (Å²) in [6.45, 7) is 4.28. The van der Waals surface area contributed by atoms with Crippen LogP contribution in [0.3, 0.4) is 0 Å². The number of allylic oxidation sites excluding steroid dienone is 1. The van der Waals surface area contributed by atoms with Crippen LogP contribution in [-0.2, 0) is 0 Å². The van der Waals surface area contributed by atoms with Gasteiger partial charge in [0.1, 0.15) is 0 Å². The number of rotatable bonds is 1. The first-order chi connectivity index (χ1) is 8.74. The smallest absolute Gasteiger partial charge is 0.0105 e. The van der Waals surface area contributed by atoms with Gasteiger partial charge in [-0.15, -0.1) is 0 Å². The SMILES string of the molecule is CC(C)=Cc1cccc2cc3ccccc3cc12. The standard InChI is InChI=1S/C18H16/c1-13(2)10-16-8-5-9-17-11-14-6-3-4-7-15(14)12-18(16)17/h3-12H,1-2H3. The molecule has 0 saturated heterocycles. The molecule has 0 heteroatoms. The largest absolute Gasteiger partial charge is 0.0758 e. The maximum atomic E-state index is 2.29. The van der Waals surface area contributed by atoms with Gasteiger partial charge < -0.3 is 0 Å². The van der Waals surface area contributed by atoms with Crippen molar-refractivity contribution >= 4 is 27.6 Å². The lowest BCUT2D eigenvalue weighted by molar-refractivity contribution is 1.42. The summed E-state index contributed by atoms with van der Waals surface area (Å²) in [5.41, 5.74) is 2.63. The Morgan fingerprint density at radius 2 is 1.44 bits per heavy atom. The van der Waals surface area contributed by atoms with Crippen molar-refractivity contribution in [2.75, 3.05) is 0 Å². The summed E-state index contributed by atoms with van der Waals surface area (Å²) < 4.78 is 0. The first-order valence-corrected chi connectivity index (χ1v) is 6.30. The summed E-state index contributed by atoms with van der Waals surface area (Å²) in [5.74, 6) is 0. The Balaban J connectivity index is 2.39. The first kappa shape index (κ1) is 11.0. The minimum Gasteiger partial charge on any atom is -0.0758 e. The minimum atomic E-state index is 1.30. The molecular formula is C18H16. The predicted molar refractivity (Wildman–Crippen MR) is 80.8 cm³/mol. The van der Waals surface area contributed by atoms with E-state index in [9.17, 15) is 0 Å². The molecule has 0 atom stereocenters. The average Bonchev–Trinajstić information content (AvgIpc) is 2.36. The molecule has 0 aliphatic carbocycles. The molecule has 0 aliphatic rings. The van der Waals surface area contributed by atoms with Gasteiger partial charge in [-0.3, -0.25) is 0 Å². The Labute approximate surface area is 108 Å². The van der Waals surface area contributed by atoms with Crippen LogP contribution < -0.4 is 0 Å². The molecule has 0 aromatic heterocycles. The number of hydrogen-bond acceptors (Lipinski definition) is 0. The normalized spacial score (nSPS) is 10.8. The molecule has 0 aliphatic heterocycles. The third-order valence-corrected chi connectivity index (χ3v) is 3.22. The zero-order valence-electron chi connectivity index (χ0n) is 10.8. The van der Waals surface area contributed by atoms with Crippen molar-refractivity contribution < 1.29 is 0 Å². The van der Waals surface area contributed by atoms with Crippen LogP contribution in [0.1, 0.15) is 19.4 Å². The van der Waals surface area contributed by atoms with Crippen LogP contribution in [0, 0.1) is 0 Å². The van der Waals surface area contributed by atoms with Gasteiger partial charge >= 0.3 is 0 Å². The molecule has 18 heavy (non-hydrogen) atoms. The zero-order chi connectivity index (χ0) is 12.5. The third-order valence-electron chi connectivity index (χ3n) is 3.22. The fourth-order valence-corrected chi connectivity index (χ4v) is 2.43. The third kappa shape index (κ3) is 1.91. The Morgan fingerprint density at radius 1 is 0.778 bits per heavy atom. The van der Waals surface area contributed by atoms with E-state index in [1.807, 2.05) is 0 Å². The van der Waals surface area contributed by atoms with Crippen molar-refractivity contribution in [3.63, 3.8) is 0 Å². The second-order valence-corrected chi connectivity index (χ2v) is 4.99. The van der Waals surface area contributed by atoms with Crippen LogP contribution in [0.15, 0.2) is 60.2 Å². The first-order valence-electron chi connectivity index (χ1n) is 6.30. The van der Waals surface area contributed by atoms with Gasteiger partial charge in [0.2, 0.25) is 0 Å². The Bertz CT molecular complexity index is 744. The van der Waals surface area contributed by atoms with E-state index in [0.29, 0.717) is 0 Å². The molecule has 3 aromatic carbocycles. The molecule has 0 fully saturated rings. The fraction of sp³-hybridized carbons (Fsp3) is 0.111.